The summed E-state index contributed by atoms with van der Waals surface area (Å²) in [7, 11) is -3.62. The summed E-state index contributed by atoms with van der Waals surface area (Å²) in [5, 5.41) is 0. The van der Waals surface area contributed by atoms with E-state index in [-0.39, 0.29) is 12.6 Å². The third kappa shape index (κ3) is 4.43. The fourth-order valence-electron chi connectivity index (χ4n) is 2.50. The van der Waals surface area contributed by atoms with E-state index < -0.39 is 21.7 Å². The van der Waals surface area contributed by atoms with E-state index >= 15 is 0 Å². The van der Waals surface area contributed by atoms with Crippen molar-refractivity contribution in [3.8, 4) is 0 Å². The highest BCUT2D eigenvalue weighted by Gasteiger charge is 2.36. The second-order valence-electron chi connectivity index (χ2n) is 4.86. The Kier molecular flexibility index (Phi) is 6.22. The maximum atomic E-state index is 12.2. The van der Waals surface area contributed by atoms with Crippen molar-refractivity contribution in [3.63, 3.8) is 0 Å². The number of esters is 1. The lowest BCUT2D eigenvalue weighted by molar-refractivity contribution is -0.140. The minimum atomic E-state index is -3.62. The minimum absolute atomic E-state index is 0.187. The highest BCUT2D eigenvalue weighted by atomic mass is 32.2. The van der Waals surface area contributed by atoms with Crippen molar-refractivity contribution in [2.75, 3.05) is 25.4 Å². The van der Waals surface area contributed by atoms with Gasteiger partial charge in [-0.3, -0.25) is 4.79 Å². The van der Waals surface area contributed by atoms with Gasteiger partial charge in [-0.1, -0.05) is 13.3 Å². The van der Waals surface area contributed by atoms with Gasteiger partial charge in [0.1, 0.15) is 0 Å². The Morgan fingerprint density at radius 2 is 2.11 bits per heavy atom. The van der Waals surface area contributed by atoms with E-state index in [9.17, 15) is 13.2 Å². The second kappa shape index (κ2) is 7.21. The van der Waals surface area contributed by atoms with E-state index in [2.05, 4.69) is 6.92 Å². The molecule has 0 saturated carbocycles. The molecule has 1 rings (SSSR count). The average molecular weight is 292 g/mol. The van der Waals surface area contributed by atoms with Crippen LogP contribution in [-0.4, -0.2) is 50.2 Å². The van der Waals surface area contributed by atoms with E-state index in [1.807, 2.05) is 0 Å². The molecule has 19 heavy (non-hydrogen) atoms. The zero-order valence-electron chi connectivity index (χ0n) is 11.7. The largest absolute Gasteiger partial charge is 0.465 e. The Bertz CT molecular complexity index is 397. The Balaban J connectivity index is 2.73. The molecule has 1 heterocycles. The summed E-state index contributed by atoms with van der Waals surface area (Å²) in [5.41, 5.74) is 5.67. The molecule has 0 radical (unpaired) electrons. The summed E-state index contributed by atoms with van der Waals surface area (Å²) >= 11 is 0. The first-order valence-corrected chi connectivity index (χ1v) is 8.40. The van der Waals surface area contributed by atoms with Crippen LogP contribution in [0.4, 0.5) is 0 Å². The van der Waals surface area contributed by atoms with Crippen molar-refractivity contribution in [1.82, 2.24) is 4.31 Å². The Hall–Kier alpha value is -0.660. The fourth-order valence-corrected chi connectivity index (χ4v) is 4.05. The first kappa shape index (κ1) is 16.4. The number of hydrogen-bond acceptors (Lipinski definition) is 5. The van der Waals surface area contributed by atoms with Gasteiger partial charge in [-0.25, -0.2) is 8.42 Å². The number of piperidine rings is 1. The van der Waals surface area contributed by atoms with Crippen LogP contribution in [0.5, 0.6) is 0 Å². The van der Waals surface area contributed by atoms with Crippen LogP contribution in [0.1, 0.15) is 33.1 Å². The molecule has 7 heteroatoms. The average Bonchev–Trinajstić information content (AvgIpc) is 2.37. The summed E-state index contributed by atoms with van der Waals surface area (Å²) in [5.74, 6) is -0.771. The number of rotatable bonds is 6. The highest BCUT2D eigenvalue weighted by Crippen LogP contribution is 2.27. The van der Waals surface area contributed by atoms with Crippen molar-refractivity contribution in [2.24, 2.45) is 11.7 Å². The normalized spacial score (nSPS) is 25.2. The molecule has 0 spiro atoms. The first-order chi connectivity index (χ1) is 8.94. The summed E-state index contributed by atoms with van der Waals surface area (Å²) in [6, 6.07) is -0.196. The van der Waals surface area contributed by atoms with Gasteiger partial charge in [-0.05, 0) is 25.7 Å². The Morgan fingerprint density at radius 3 is 2.63 bits per heavy atom. The van der Waals surface area contributed by atoms with Crippen molar-refractivity contribution < 1.29 is 17.9 Å². The molecule has 0 bridgehead atoms. The van der Waals surface area contributed by atoms with Gasteiger partial charge >= 0.3 is 5.97 Å². The molecule has 2 N–H and O–H groups in total. The quantitative estimate of drug-likeness (QED) is 0.712. The third-order valence-electron chi connectivity index (χ3n) is 3.58. The summed E-state index contributed by atoms with van der Waals surface area (Å²) in [4.78, 5) is 11.4. The van der Waals surface area contributed by atoms with E-state index in [1.54, 1.807) is 6.92 Å². The molecule has 1 aliphatic heterocycles. The molecule has 0 amide bonds. The van der Waals surface area contributed by atoms with E-state index in [4.69, 9.17) is 10.5 Å². The predicted octanol–water partition coefficient (Wildman–Crippen LogP) is 0.329. The van der Waals surface area contributed by atoms with Crippen LogP contribution in [0.15, 0.2) is 0 Å². The van der Waals surface area contributed by atoms with E-state index in [1.165, 1.54) is 4.31 Å². The van der Waals surface area contributed by atoms with Crippen LogP contribution < -0.4 is 5.73 Å². The van der Waals surface area contributed by atoms with Gasteiger partial charge in [-0.2, -0.15) is 4.31 Å². The van der Waals surface area contributed by atoms with Crippen LogP contribution >= 0.6 is 0 Å². The maximum absolute atomic E-state index is 12.2. The molecule has 0 aromatic rings. The van der Waals surface area contributed by atoms with Crippen LogP contribution in [0.2, 0.25) is 0 Å². The topological polar surface area (TPSA) is 89.7 Å². The van der Waals surface area contributed by atoms with Crippen LogP contribution in [0.25, 0.3) is 0 Å². The number of carbonyl (C=O) groups is 1. The Morgan fingerprint density at radius 1 is 1.42 bits per heavy atom. The monoisotopic (exact) mass is 292 g/mol. The molecule has 2 atom stereocenters. The molecule has 1 saturated heterocycles. The van der Waals surface area contributed by atoms with Gasteiger partial charge in [0.15, 0.2) is 5.75 Å². The molecular weight excluding hydrogens is 268 g/mol. The number of hydrogen-bond donors (Lipinski definition) is 1. The smallest absolute Gasteiger partial charge is 0.322 e. The van der Waals surface area contributed by atoms with Crippen LogP contribution in [0.3, 0.4) is 0 Å². The van der Waals surface area contributed by atoms with Crippen molar-refractivity contribution in [2.45, 2.75) is 39.2 Å². The van der Waals surface area contributed by atoms with Crippen molar-refractivity contribution in [3.05, 3.63) is 0 Å². The van der Waals surface area contributed by atoms with Gasteiger partial charge in [0.25, 0.3) is 0 Å². The van der Waals surface area contributed by atoms with Gasteiger partial charge in [-0.15, -0.1) is 0 Å². The molecule has 0 aliphatic carbocycles. The molecule has 1 fully saturated rings. The van der Waals surface area contributed by atoms with Crippen LogP contribution in [-0.2, 0) is 19.6 Å². The van der Waals surface area contributed by atoms with Gasteiger partial charge in [0, 0.05) is 19.1 Å². The molecule has 0 aromatic carbocycles. The van der Waals surface area contributed by atoms with E-state index in [0.717, 1.165) is 19.3 Å². The molecule has 0 aromatic heterocycles. The lowest BCUT2D eigenvalue weighted by Gasteiger charge is -2.37. The first-order valence-electron chi connectivity index (χ1n) is 6.79. The lowest BCUT2D eigenvalue weighted by Crippen LogP contribution is -2.51. The number of sulfonamides is 1. The molecule has 6 nitrogen and oxygen atoms in total. The standard InChI is InChI=1S/C12H24N2O4S/c1-3-10-5-6-14(11(7-10)8-13)19(16,17)9-12(15)18-4-2/h10-11H,3-9,13H2,1-2H3. The third-order valence-corrected chi connectivity index (χ3v) is 5.38. The van der Waals surface area contributed by atoms with Crippen molar-refractivity contribution in [1.29, 1.82) is 0 Å². The summed E-state index contributed by atoms with van der Waals surface area (Å²) in [6.07, 6.45) is 2.63. The number of nitrogens with zero attached hydrogens (tertiary/aromatic N) is 1. The lowest BCUT2D eigenvalue weighted by atomic mass is 9.90. The highest BCUT2D eigenvalue weighted by molar-refractivity contribution is 7.89. The van der Waals surface area contributed by atoms with Gasteiger partial charge in [0.2, 0.25) is 10.0 Å². The molecule has 112 valence electrons. The molecule has 1 aliphatic rings. The SMILES string of the molecule is CCOC(=O)CS(=O)(=O)N1CCC(CC)CC1CN. The summed E-state index contributed by atoms with van der Waals surface area (Å²) < 4.78 is 30.5. The van der Waals surface area contributed by atoms with Gasteiger partial charge in [0.05, 0.1) is 6.61 Å². The fraction of sp³-hybridized carbons (Fsp3) is 0.917. The molecular formula is C12H24N2O4S. The number of nitrogens with two attached hydrogens (primary N) is 1. The summed E-state index contributed by atoms with van der Waals surface area (Å²) in [6.45, 7) is 4.67. The zero-order valence-corrected chi connectivity index (χ0v) is 12.5. The van der Waals surface area contributed by atoms with Crippen molar-refractivity contribution >= 4 is 16.0 Å². The van der Waals surface area contributed by atoms with Crippen LogP contribution in [0, 0.1) is 5.92 Å². The Labute approximate surface area is 115 Å². The van der Waals surface area contributed by atoms with E-state index in [0.29, 0.717) is 19.0 Å². The van der Waals surface area contributed by atoms with Gasteiger partial charge < -0.3 is 10.5 Å². The minimum Gasteiger partial charge on any atom is -0.465 e. The zero-order chi connectivity index (χ0) is 14.5. The molecule has 2 unspecified atom stereocenters. The second-order valence-corrected chi connectivity index (χ2v) is 6.78. The maximum Gasteiger partial charge on any atom is 0.322 e. The number of carbonyl (C=O) groups excluding carboxylic acids is 1. The number of ether oxygens (including phenoxy) is 1. The predicted molar refractivity (Wildman–Crippen MR) is 73.0 cm³/mol.